The number of aryl methyl sites for hydroxylation is 3. The van der Waals surface area contributed by atoms with Crippen molar-refractivity contribution in [1.82, 2.24) is 0 Å². The summed E-state index contributed by atoms with van der Waals surface area (Å²) in [6.07, 6.45) is 0. The minimum atomic E-state index is -0.968. The number of nitrogens with one attached hydrogen (secondary N) is 1. The summed E-state index contributed by atoms with van der Waals surface area (Å²) in [7, 11) is 0. The van der Waals surface area contributed by atoms with Crippen molar-refractivity contribution in [3.05, 3.63) is 50.7 Å². The Morgan fingerprint density at radius 1 is 1.10 bits per heavy atom. The van der Waals surface area contributed by atoms with E-state index in [0.717, 1.165) is 10.4 Å². The summed E-state index contributed by atoms with van der Waals surface area (Å²) in [5, 5.41) is 11.7. The molecule has 1 heterocycles. The van der Waals surface area contributed by atoms with Crippen LogP contribution in [0, 0.1) is 20.8 Å². The van der Waals surface area contributed by atoms with Crippen molar-refractivity contribution in [2.45, 2.75) is 20.8 Å². The molecule has 4 nitrogen and oxygen atoms in total. The van der Waals surface area contributed by atoms with E-state index in [1.165, 1.54) is 17.4 Å². The highest BCUT2D eigenvalue weighted by Crippen LogP contribution is 2.22. The molecule has 0 aliphatic carbocycles. The molecule has 104 valence electrons. The fourth-order valence-corrected chi connectivity index (χ4v) is 2.79. The van der Waals surface area contributed by atoms with E-state index >= 15 is 0 Å². The molecule has 2 aromatic rings. The molecule has 20 heavy (non-hydrogen) atoms. The first-order valence-electron chi connectivity index (χ1n) is 6.11. The van der Waals surface area contributed by atoms with Crippen molar-refractivity contribution >= 4 is 28.9 Å². The molecule has 1 aromatic heterocycles. The Bertz CT molecular complexity index is 669. The van der Waals surface area contributed by atoms with Gasteiger partial charge in [0.25, 0.3) is 5.91 Å². The van der Waals surface area contributed by atoms with Crippen molar-refractivity contribution in [2.75, 3.05) is 5.32 Å². The number of carboxylic acid groups (broad SMARTS) is 1. The average Bonchev–Trinajstić information content (AvgIpc) is 2.69. The fourth-order valence-electron chi connectivity index (χ4n) is 1.86. The Morgan fingerprint density at radius 3 is 2.30 bits per heavy atom. The lowest BCUT2D eigenvalue weighted by molar-refractivity contribution is 0.0696. The van der Waals surface area contributed by atoms with Crippen LogP contribution in [0.2, 0.25) is 0 Å². The Morgan fingerprint density at radius 2 is 1.80 bits per heavy atom. The molecule has 1 aromatic carbocycles. The number of carbonyl (C=O) groups is 2. The van der Waals surface area contributed by atoms with Crippen LogP contribution in [-0.2, 0) is 0 Å². The molecule has 5 heteroatoms. The minimum Gasteiger partial charge on any atom is -0.478 e. The van der Waals surface area contributed by atoms with Gasteiger partial charge in [0, 0.05) is 10.6 Å². The Hall–Kier alpha value is -2.14. The van der Waals surface area contributed by atoms with Gasteiger partial charge in [-0.15, -0.1) is 11.3 Å². The lowest BCUT2D eigenvalue weighted by Gasteiger charge is -2.06. The fraction of sp³-hybridized carbons (Fsp3) is 0.200. The average molecular weight is 289 g/mol. The van der Waals surface area contributed by atoms with E-state index in [1.807, 2.05) is 19.9 Å². The summed E-state index contributed by atoms with van der Waals surface area (Å²) < 4.78 is 0. The number of thiophene rings is 1. The quantitative estimate of drug-likeness (QED) is 0.906. The van der Waals surface area contributed by atoms with E-state index in [9.17, 15) is 9.59 Å². The molecule has 0 unspecified atom stereocenters. The molecule has 0 saturated carbocycles. The highest BCUT2D eigenvalue weighted by Gasteiger charge is 2.12. The van der Waals surface area contributed by atoms with Crippen LogP contribution in [0.25, 0.3) is 0 Å². The van der Waals surface area contributed by atoms with Gasteiger partial charge in [-0.25, -0.2) is 4.79 Å². The topological polar surface area (TPSA) is 66.4 Å². The number of amides is 1. The number of aromatic carboxylic acids is 1. The summed E-state index contributed by atoms with van der Waals surface area (Å²) in [5.41, 5.74) is 2.55. The normalized spacial score (nSPS) is 10.3. The highest BCUT2D eigenvalue weighted by atomic mass is 32.1. The van der Waals surface area contributed by atoms with Crippen LogP contribution in [0.5, 0.6) is 0 Å². The van der Waals surface area contributed by atoms with Crippen molar-refractivity contribution in [2.24, 2.45) is 0 Å². The van der Waals surface area contributed by atoms with E-state index in [2.05, 4.69) is 5.32 Å². The monoisotopic (exact) mass is 289 g/mol. The summed E-state index contributed by atoms with van der Waals surface area (Å²) in [6, 6.07) is 6.61. The van der Waals surface area contributed by atoms with Gasteiger partial charge in [0.15, 0.2) is 0 Å². The summed E-state index contributed by atoms with van der Waals surface area (Å²) in [6.45, 7) is 5.65. The lowest BCUT2D eigenvalue weighted by atomic mass is 10.1. The molecule has 2 N–H and O–H groups in total. The summed E-state index contributed by atoms with van der Waals surface area (Å²) in [4.78, 5) is 24.8. The van der Waals surface area contributed by atoms with Gasteiger partial charge in [0.05, 0.1) is 10.4 Å². The van der Waals surface area contributed by atoms with Gasteiger partial charge >= 0.3 is 5.97 Å². The zero-order valence-electron chi connectivity index (χ0n) is 11.5. The number of hydrogen-bond acceptors (Lipinski definition) is 3. The van der Waals surface area contributed by atoms with Gasteiger partial charge in [-0.3, -0.25) is 4.79 Å². The predicted octanol–water partition coefficient (Wildman–Crippen LogP) is 3.62. The first kappa shape index (κ1) is 14.3. The van der Waals surface area contributed by atoms with Crippen molar-refractivity contribution in [1.29, 1.82) is 0 Å². The second-order valence-corrected chi connectivity index (χ2v) is 5.90. The van der Waals surface area contributed by atoms with Gasteiger partial charge in [-0.1, -0.05) is 0 Å². The number of benzene rings is 1. The van der Waals surface area contributed by atoms with Crippen LogP contribution in [0.4, 0.5) is 5.69 Å². The van der Waals surface area contributed by atoms with Gasteiger partial charge in [-0.05, 0) is 56.2 Å². The third kappa shape index (κ3) is 2.88. The Labute approximate surface area is 121 Å². The first-order valence-corrected chi connectivity index (χ1v) is 6.92. The van der Waals surface area contributed by atoms with Gasteiger partial charge in [0.2, 0.25) is 0 Å². The molecule has 2 rings (SSSR count). The smallest absolute Gasteiger partial charge is 0.335 e. The van der Waals surface area contributed by atoms with E-state index < -0.39 is 5.97 Å². The molecule has 0 fully saturated rings. The van der Waals surface area contributed by atoms with Gasteiger partial charge in [-0.2, -0.15) is 0 Å². The van der Waals surface area contributed by atoms with E-state index in [0.29, 0.717) is 16.1 Å². The molecule has 0 atom stereocenters. The summed E-state index contributed by atoms with van der Waals surface area (Å²) >= 11 is 1.45. The van der Waals surface area contributed by atoms with Crippen LogP contribution in [0.3, 0.4) is 0 Å². The number of carbonyl (C=O) groups excluding carboxylic acids is 1. The van der Waals surface area contributed by atoms with Crippen molar-refractivity contribution in [3.63, 3.8) is 0 Å². The molecule has 0 saturated heterocycles. The summed E-state index contributed by atoms with van der Waals surface area (Å²) in [5.74, 6) is -1.14. The standard InChI is InChI=1S/C15H15NO3S/c1-8-7-13(20-10(8)3)14(17)16-11-4-5-12(15(18)19)9(2)6-11/h4-7H,1-3H3,(H,16,17)(H,18,19). The van der Waals surface area contributed by atoms with Gasteiger partial charge in [0.1, 0.15) is 0 Å². The molecule has 0 aliphatic rings. The lowest BCUT2D eigenvalue weighted by Crippen LogP contribution is -2.11. The maximum absolute atomic E-state index is 12.1. The zero-order chi connectivity index (χ0) is 14.9. The van der Waals surface area contributed by atoms with Crippen LogP contribution < -0.4 is 5.32 Å². The Kier molecular flexibility index (Phi) is 3.90. The maximum atomic E-state index is 12.1. The maximum Gasteiger partial charge on any atom is 0.335 e. The predicted molar refractivity (Wildman–Crippen MR) is 79.9 cm³/mol. The SMILES string of the molecule is Cc1cc(NC(=O)c2cc(C)c(C)s2)ccc1C(=O)O. The molecule has 1 amide bonds. The van der Waals surface area contributed by atoms with E-state index in [-0.39, 0.29) is 11.5 Å². The molecular weight excluding hydrogens is 274 g/mol. The number of anilines is 1. The molecule has 0 spiro atoms. The second-order valence-electron chi connectivity index (χ2n) is 4.64. The second kappa shape index (κ2) is 5.46. The van der Waals surface area contributed by atoms with Crippen molar-refractivity contribution < 1.29 is 14.7 Å². The first-order chi connectivity index (χ1) is 9.38. The highest BCUT2D eigenvalue weighted by molar-refractivity contribution is 7.14. The molecule has 0 radical (unpaired) electrons. The van der Waals surface area contributed by atoms with Crippen molar-refractivity contribution in [3.8, 4) is 0 Å². The largest absolute Gasteiger partial charge is 0.478 e. The third-order valence-electron chi connectivity index (χ3n) is 3.10. The van der Waals surface area contributed by atoms with Crippen LogP contribution in [-0.4, -0.2) is 17.0 Å². The zero-order valence-corrected chi connectivity index (χ0v) is 12.3. The molecule has 0 aliphatic heterocycles. The molecular formula is C15H15NO3S. The van der Waals surface area contributed by atoms with E-state index in [1.54, 1.807) is 19.1 Å². The van der Waals surface area contributed by atoms with Crippen LogP contribution >= 0.6 is 11.3 Å². The third-order valence-corrected chi connectivity index (χ3v) is 4.26. The number of carboxylic acids is 1. The van der Waals surface area contributed by atoms with Gasteiger partial charge < -0.3 is 10.4 Å². The number of hydrogen-bond donors (Lipinski definition) is 2. The van der Waals surface area contributed by atoms with Crippen LogP contribution in [0.1, 0.15) is 36.0 Å². The van der Waals surface area contributed by atoms with Crippen LogP contribution in [0.15, 0.2) is 24.3 Å². The minimum absolute atomic E-state index is 0.173. The molecule has 0 bridgehead atoms. The number of rotatable bonds is 3. The Balaban J connectivity index is 2.20. The van der Waals surface area contributed by atoms with E-state index in [4.69, 9.17) is 5.11 Å².